The summed E-state index contributed by atoms with van der Waals surface area (Å²) in [7, 11) is 0. The molecule has 0 bridgehead atoms. The average Bonchev–Trinajstić information content (AvgIpc) is 3.30. The number of carboxylic acid groups (broad SMARTS) is 1. The van der Waals surface area contributed by atoms with Crippen LogP contribution in [0, 0.1) is 0 Å². The van der Waals surface area contributed by atoms with Gasteiger partial charge >= 0.3 is 18.2 Å². The molecule has 358 valence electrons. The van der Waals surface area contributed by atoms with Crippen molar-refractivity contribution in [2.24, 2.45) is 5.16 Å². The van der Waals surface area contributed by atoms with E-state index in [1.54, 1.807) is 53.8 Å². The summed E-state index contributed by atoms with van der Waals surface area (Å²) in [6, 6.07) is 31.5. The van der Waals surface area contributed by atoms with E-state index in [9.17, 15) is 29.1 Å². The minimum absolute atomic E-state index is 0.0188. The average molecular weight is 991 g/mol. The van der Waals surface area contributed by atoms with Gasteiger partial charge in [0, 0.05) is 39.6 Å². The highest BCUT2D eigenvalue weighted by Gasteiger charge is 2.55. The van der Waals surface area contributed by atoms with Gasteiger partial charge in [0.05, 0.1) is 12.4 Å². The normalized spacial score (nSPS) is 16.1. The van der Waals surface area contributed by atoms with Crippen molar-refractivity contribution in [3.05, 3.63) is 155 Å². The van der Waals surface area contributed by atoms with Crippen molar-refractivity contribution in [3.63, 3.8) is 0 Å². The molecule has 4 heterocycles. The number of β-lactam (4-membered cyclic amide) rings is 1. The van der Waals surface area contributed by atoms with Crippen LogP contribution in [0.3, 0.4) is 0 Å². The summed E-state index contributed by atoms with van der Waals surface area (Å²) in [5, 5.41) is 23.3. The predicted octanol–water partition coefficient (Wildman–Crippen LogP) is 8.04. The predicted molar refractivity (Wildman–Crippen MR) is 263 cm³/mol. The Balaban J connectivity index is 1.16. The monoisotopic (exact) mass is 990 g/mol. The van der Waals surface area contributed by atoms with E-state index in [1.165, 1.54) is 41.9 Å². The van der Waals surface area contributed by atoms with E-state index in [0.29, 0.717) is 43.9 Å². The largest absolute Gasteiger partial charge is 0.477 e. The Kier molecular flexibility index (Phi) is 15.6. The van der Waals surface area contributed by atoms with Crippen molar-refractivity contribution in [2.45, 2.75) is 79.8 Å². The van der Waals surface area contributed by atoms with Crippen LogP contribution in [0.1, 0.15) is 63.9 Å². The molecule has 7 rings (SSSR count). The number of anilines is 1. The topological polar surface area (TPSA) is 224 Å². The number of nitrogens with one attached hydrogen (secondary N) is 3. The fourth-order valence-electron chi connectivity index (χ4n) is 7.12. The number of alkyl carbamates (subject to hydrolysis) is 1. The maximum atomic E-state index is 14.7. The Labute approximate surface area is 411 Å². The fourth-order valence-corrected chi connectivity index (χ4v) is 10.3. The maximum Gasteiger partial charge on any atom is 0.413 e. The number of ether oxygens (including phenoxy) is 2. The molecule has 0 saturated carbocycles. The van der Waals surface area contributed by atoms with Gasteiger partial charge in [-0.2, -0.15) is 0 Å². The van der Waals surface area contributed by atoms with Crippen LogP contribution in [-0.4, -0.2) is 101 Å². The quantitative estimate of drug-likeness (QED) is 0.0183. The van der Waals surface area contributed by atoms with Gasteiger partial charge in [-0.15, -0.1) is 23.5 Å². The zero-order chi connectivity index (χ0) is 49.3. The summed E-state index contributed by atoms with van der Waals surface area (Å²) in [5.74, 6) is -2.17. The van der Waals surface area contributed by atoms with E-state index in [4.69, 9.17) is 14.3 Å². The lowest BCUT2D eigenvalue weighted by molar-refractivity contribution is -0.150. The maximum absolute atomic E-state index is 14.7. The van der Waals surface area contributed by atoms with Crippen LogP contribution in [0.5, 0.6) is 0 Å². The highest BCUT2D eigenvalue weighted by Crippen LogP contribution is 2.45. The van der Waals surface area contributed by atoms with Gasteiger partial charge in [0.2, 0.25) is 5.60 Å². The van der Waals surface area contributed by atoms with Crippen LogP contribution in [0.25, 0.3) is 0 Å². The smallest absolute Gasteiger partial charge is 0.413 e. The molecule has 2 aromatic heterocycles. The van der Waals surface area contributed by atoms with Crippen LogP contribution in [-0.2, 0) is 34.3 Å². The molecule has 3 aromatic carbocycles. The van der Waals surface area contributed by atoms with Gasteiger partial charge in [-0.25, -0.2) is 24.4 Å². The summed E-state index contributed by atoms with van der Waals surface area (Å²) in [6.07, 6.45) is 1.74. The van der Waals surface area contributed by atoms with Crippen molar-refractivity contribution < 1.29 is 43.4 Å². The number of hydrogen-bond acceptors (Lipinski definition) is 15. The zero-order valence-electron chi connectivity index (χ0n) is 38.5. The second kappa shape index (κ2) is 21.6. The lowest BCUT2D eigenvalue weighted by atomic mass is 9.80. The number of rotatable bonds is 16. The van der Waals surface area contributed by atoms with Crippen molar-refractivity contribution in [3.8, 4) is 0 Å². The van der Waals surface area contributed by atoms with E-state index < -0.39 is 58.2 Å². The molecule has 0 aliphatic carbocycles. The molecule has 0 radical (unpaired) electrons. The summed E-state index contributed by atoms with van der Waals surface area (Å²) >= 11 is 3.68. The number of fused-ring (bicyclic) bond motifs is 1. The molecule has 2 aliphatic heterocycles. The highest BCUT2D eigenvalue weighted by molar-refractivity contribution is 8.06. The molecule has 4 amide bonds. The zero-order valence-corrected chi connectivity index (χ0v) is 40.9. The second-order valence-electron chi connectivity index (χ2n) is 17.4. The first-order chi connectivity index (χ1) is 32.9. The molecule has 69 heavy (non-hydrogen) atoms. The number of carbonyl (C=O) groups is 5. The van der Waals surface area contributed by atoms with Gasteiger partial charge in [0.1, 0.15) is 49.9 Å². The van der Waals surface area contributed by atoms with E-state index >= 15 is 0 Å². The third-order valence-corrected chi connectivity index (χ3v) is 13.3. The van der Waals surface area contributed by atoms with Gasteiger partial charge < -0.3 is 30.1 Å². The molecule has 1 fully saturated rings. The molecular weight excluding hydrogens is 941 g/mol. The van der Waals surface area contributed by atoms with E-state index in [0.717, 1.165) is 16.7 Å². The minimum Gasteiger partial charge on any atom is -0.477 e. The van der Waals surface area contributed by atoms with Gasteiger partial charge in [-0.3, -0.25) is 24.8 Å². The number of oxime groups is 1. The Hall–Kier alpha value is -6.90. The summed E-state index contributed by atoms with van der Waals surface area (Å²) in [6.45, 7) is 10.8. The molecule has 2 atom stereocenters. The van der Waals surface area contributed by atoms with Crippen LogP contribution >= 0.6 is 35.3 Å². The number of aliphatic carboxylic acids is 1. The number of pyridine rings is 1. The van der Waals surface area contributed by atoms with E-state index in [-0.39, 0.29) is 28.7 Å². The van der Waals surface area contributed by atoms with Crippen molar-refractivity contribution in [1.82, 2.24) is 30.5 Å². The summed E-state index contributed by atoms with van der Waals surface area (Å²) in [5.41, 5.74) is -1.39. The summed E-state index contributed by atoms with van der Waals surface area (Å²) < 4.78 is 10.7. The fraction of sp³-hybridized carbons (Fsp3) is 0.286. The number of carboxylic acids is 1. The Morgan fingerprint density at radius 2 is 1.36 bits per heavy atom. The Morgan fingerprint density at radius 3 is 1.94 bits per heavy atom. The van der Waals surface area contributed by atoms with Gasteiger partial charge in [0.15, 0.2) is 5.71 Å². The number of amides is 4. The third kappa shape index (κ3) is 12.4. The highest BCUT2D eigenvalue weighted by atomic mass is 32.2. The molecule has 17 nitrogen and oxygen atoms in total. The van der Waals surface area contributed by atoms with Crippen molar-refractivity contribution in [2.75, 3.05) is 23.4 Å². The number of aromatic nitrogens is 3. The first kappa shape index (κ1) is 50.0. The van der Waals surface area contributed by atoms with Crippen LogP contribution < -0.4 is 16.0 Å². The first-order valence-electron chi connectivity index (χ1n) is 21.6. The van der Waals surface area contributed by atoms with Crippen LogP contribution in [0.2, 0.25) is 0 Å². The second-order valence-corrected chi connectivity index (χ2v) is 20.7. The Morgan fingerprint density at radius 1 is 0.783 bits per heavy atom. The number of thioether (sulfide) groups is 3. The third-order valence-electron chi connectivity index (χ3n) is 9.91. The van der Waals surface area contributed by atoms with Gasteiger partial charge in [-0.1, -0.05) is 114 Å². The SMILES string of the molecule is CC(C)(C)OC(=O)NCCSc1cncc(SC2=C(C(=O)O)N3C(=O)[C@@H](NC(=O)C(=NOC(c4ccccc4)(c4ccccc4)c4ccccc4)c4cccc(NC(=O)OC(C)(C)C)n4)[C@@H]3SC2)n1. The summed E-state index contributed by atoms with van der Waals surface area (Å²) in [4.78, 5) is 88.2. The number of benzene rings is 3. The molecular formula is C49H50N8O9S3. The molecule has 20 heteroatoms. The molecule has 0 spiro atoms. The molecule has 0 unspecified atom stereocenters. The standard InChI is InChI=1S/C49H50N8O9S3/c1-47(2,3)64-45(62)51-25-26-67-36-27-50-28-37(54-36)69-34-29-68-43-39(42(59)57(43)40(34)44(60)61)55-41(58)38(33-23-16-24-35(52-33)53-46(63)65-48(4,5)6)56-66-49(30-17-10-7-11-18-30,31-19-12-8-13-20-31)32-21-14-9-15-22-32/h7-24,27-28,39,43H,25-26,29H2,1-6H3,(H,51,62)(H,55,58)(H,60,61)(H,52,53,63)/t39-,43+/m1/s1. The van der Waals surface area contributed by atoms with E-state index in [1.807, 2.05) is 91.0 Å². The molecule has 5 aromatic rings. The number of nitrogens with zero attached hydrogens (tertiary/aromatic N) is 5. The van der Waals surface area contributed by atoms with E-state index in [2.05, 4.69) is 36.1 Å². The van der Waals surface area contributed by atoms with Crippen molar-refractivity contribution >= 4 is 76.8 Å². The number of hydrogen-bond donors (Lipinski definition) is 4. The van der Waals surface area contributed by atoms with Gasteiger partial charge in [0.25, 0.3) is 11.8 Å². The molecule has 1 saturated heterocycles. The van der Waals surface area contributed by atoms with Crippen molar-refractivity contribution in [1.29, 1.82) is 0 Å². The molecule has 4 N–H and O–H groups in total. The lowest BCUT2D eigenvalue weighted by Gasteiger charge is -2.49. The van der Waals surface area contributed by atoms with Crippen LogP contribution in [0.4, 0.5) is 15.4 Å². The minimum atomic E-state index is -1.42. The first-order valence-corrected chi connectivity index (χ1v) is 24.5. The Bertz CT molecular complexity index is 2660. The van der Waals surface area contributed by atoms with Crippen LogP contribution in [0.15, 0.2) is 147 Å². The van der Waals surface area contributed by atoms with Gasteiger partial charge in [-0.05, 0) is 53.7 Å². The lowest BCUT2D eigenvalue weighted by Crippen LogP contribution is -2.71. The number of carbonyl (C=O) groups excluding carboxylic acids is 4. The molecule has 2 aliphatic rings.